The lowest BCUT2D eigenvalue weighted by Gasteiger charge is -2.07. The number of rotatable bonds is 3. The van der Waals surface area contributed by atoms with E-state index in [2.05, 4.69) is 9.71 Å². The van der Waals surface area contributed by atoms with E-state index in [0.29, 0.717) is 0 Å². The van der Waals surface area contributed by atoms with Gasteiger partial charge in [-0.1, -0.05) is 6.07 Å². The number of hydrogen-bond acceptors (Lipinski definition) is 4. The second kappa shape index (κ2) is 4.07. The molecule has 14 heavy (non-hydrogen) atoms. The summed E-state index contributed by atoms with van der Waals surface area (Å²) < 4.78 is 24.9. The van der Waals surface area contributed by atoms with Crippen molar-refractivity contribution in [2.45, 2.75) is 12.2 Å². The van der Waals surface area contributed by atoms with E-state index in [1.165, 1.54) is 19.2 Å². The first-order valence-corrected chi connectivity index (χ1v) is 5.43. The van der Waals surface area contributed by atoms with Gasteiger partial charge in [0.05, 0.1) is 6.07 Å². The van der Waals surface area contributed by atoms with Gasteiger partial charge in [-0.25, -0.2) is 13.4 Å². The number of pyridine rings is 1. The zero-order valence-corrected chi connectivity index (χ0v) is 8.32. The largest absolute Gasteiger partial charge is 0.266 e. The van der Waals surface area contributed by atoms with E-state index in [-0.39, 0.29) is 5.82 Å². The first-order chi connectivity index (χ1) is 6.56. The van der Waals surface area contributed by atoms with Crippen LogP contribution in [-0.2, 0) is 10.0 Å². The maximum atomic E-state index is 11.4. The van der Waals surface area contributed by atoms with Crippen LogP contribution in [0.5, 0.6) is 0 Å². The Bertz CT molecular complexity index is 435. The summed E-state index contributed by atoms with van der Waals surface area (Å²) in [6, 6.07) is 6.49. The highest BCUT2D eigenvalue weighted by Crippen LogP contribution is 2.07. The molecule has 0 bridgehead atoms. The first kappa shape index (κ1) is 10.5. The van der Waals surface area contributed by atoms with Crippen LogP contribution in [0.1, 0.15) is 6.92 Å². The minimum absolute atomic E-state index is 0.217. The third-order valence-electron chi connectivity index (χ3n) is 1.56. The van der Waals surface area contributed by atoms with Gasteiger partial charge in [-0.3, -0.25) is 4.72 Å². The Balaban J connectivity index is 2.86. The van der Waals surface area contributed by atoms with E-state index >= 15 is 0 Å². The van der Waals surface area contributed by atoms with Gasteiger partial charge in [0.15, 0.2) is 5.25 Å². The number of aromatic nitrogens is 1. The summed E-state index contributed by atoms with van der Waals surface area (Å²) in [5.41, 5.74) is 0. The van der Waals surface area contributed by atoms with Crippen LogP contribution in [0.2, 0.25) is 0 Å². The molecule has 74 valence electrons. The van der Waals surface area contributed by atoms with Gasteiger partial charge in [0.2, 0.25) is 10.0 Å². The maximum absolute atomic E-state index is 11.4. The predicted molar refractivity (Wildman–Crippen MR) is 51.9 cm³/mol. The Morgan fingerprint density at radius 2 is 2.29 bits per heavy atom. The van der Waals surface area contributed by atoms with Crippen molar-refractivity contribution in [1.82, 2.24) is 4.98 Å². The van der Waals surface area contributed by atoms with Gasteiger partial charge in [-0.15, -0.1) is 0 Å². The van der Waals surface area contributed by atoms with E-state index in [1.807, 2.05) is 0 Å². The Morgan fingerprint density at radius 1 is 1.57 bits per heavy atom. The second-order valence-corrected chi connectivity index (χ2v) is 4.63. The number of nitriles is 1. The number of hydrogen-bond donors (Lipinski definition) is 1. The quantitative estimate of drug-likeness (QED) is 0.799. The fourth-order valence-electron chi connectivity index (χ4n) is 0.727. The zero-order valence-electron chi connectivity index (χ0n) is 7.51. The van der Waals surface area contributed by atoms with Crippen molar-refractivity contribution in [3.8, 4) is 6.07 Å². The molecule has 1 N–H and O–H groups in total. The summed E-state index contributed by atoms with van der Waals surface area (Å²) in [4.78, 5) is 3.78. The fraction of sp³-hybridized carbons (Fsp3) is 0.250. The summed E-state index contributed by atoms with van der Waals surface area (Å²) >= 11 is 0. The number of sulfonamides is 1. The molecule has 0 aliphatic rings. The molecule has 0 aliphatic carbocycles. The number of nitrogens with one attached hydrogen (secondary N) is 1. The molecule has 5 nitrogen and oxygen atoms in total. The van der Waals surface area contributed by atoms with Crippen LogP contribution >= 0.6 is 0 Å². The molecule has 6 heteroatoms. The van der Waals surface area contributed by atoms with Crippen LogP contribution in [-0.4, -0.2) is 18.7 Å². The molecule has 1 rings (SSSR count). The Hall–Kier alpha value is -1.61. The van der Waals surface area contributed by atoms with Gasteiger partial charge >= 0.3 is 0 Å². The minimum atomic E-state index is -3.64. The lowest BCUT2D eigenvalue weighted by atomic mass is 10.5. The molecule has 0 fully saturated rings. The molecule has 0 amide bonds. The molecule has 0 aromatic carbocycles. The number of anilines is 1. The topological polar surface area (TPSA) is 82.8 Å². The van der Waals surface area contributed by atoms with Gasteiger partial charge in [0.1, 0.15) is 5.82 Å². The van der Waals surface area contributed by atoms with Crippen LogP contribution in [0.3, 0.4) is 0 Å². The molecule has 1 atom stereocenters. The Kier molecular flexibility index (Phi) is 3.04. The lowest BCUT2D eigenvalue weighted by molar-refractivity contribution is 0.597. The highest BCUT2D eigenvalue weighted by atomic mass is 32.2. The standard InChI is InChI=1S/C8H9N3O2S/c1-7(6-9)14(12,13)11-8-4-2-3-5-10-8/h2-5,7H,1H3,(H,10,11). The summed E-state index contributed by atoms with van der Waals surface area (Å²) in [5.74, 6) is 0.217. The van der Waals surface area contributed by atoms with Crippen LogP contribution in [0.25, 0.3) is 0 Å². The van der Waals surface area contributed by atoms with Gasteiger partial charge < -0.3 is 0 Å². The van der Waals surface area contributed by atoms with Crippen molar-refractivity contribution >= 4 is 15.8 Å². The molecule has 0 saturated carbocycles. The molecular weight excluding hydrogens is 202 g/mol. The highest BCUT2D eigenvalue weighted by Gasteiger charge is 2.19. The van der Waals surface area contributed by atoms with Crippen molar-refractivity contribution in [2.75, 3.05) is 4.72 Å². The number of nitrogens with zero attached hydrogens (tertiary/aromatic N) is 2. The van der Waals surface area contributed by atoms with Gasteiger partial charge in [0, 0.05) is 6.20 Å². The van der Waals surface area contributed by atoms with E-state index in [0.717, 1.165) is 0 Å². The summed E-state index contributed by atoms with van der Waals surface area (Å²) in [5, 5.41) is 7.37. The molecule has 1 aromatic rings. The smallest absolute Gasteiger partial charge is 0.250 e. The van der Waals surface area contributed by atoms with Crippen molar-refractivity contribution in [3.63, 3.8) is 0 Å². The molecular formula is C8H9N3O2S. The van der Waals surface area contributed by atoms with E-state index in [4.69, 9.17) is 5.26 Å². The molecule has 1 unspecified atom stereocenters. The fourth-order valence-corrected chi connectivity index (χ4v) is 1.45. The third-order valence-corrected chi connectivity index (χ3v) is 3.09. The van der Waals surface area contributed by atoms with Crippen molar-refractivity contribution < 1.29 is 8.42 Å². The second-order valence-electron chi connectivity index (χ2n) is 2.63. The van der Waals surface area contributed by atoms with E-state index in [9.17, 15) is 8.42 Å². The van der Waals surface area contributed by atoms with Crippen LogP contribution in [0.4, 0.5) is 5.82 Å². The first-order valence-electron chi connectivity index (χ1n) is 3.88. The average molecular weight is 211 g/mol. The van der Waals surface area contributed by atoms with Crippen molar-refractivity contribution in [1.29, 1.82) is 5.26 Å². The minimum Gasteiger partial charge on any atom is -0.266 e. The van der Waals surface area contributed by atoms with Crippen LogP contribution in [0, 0.1) is 11.3 Å². The van der Waals surface area contributed by atoms with Gasteiger partial charge in [-0.05, 0) is 19.1 Å². The third kappa shape index (κ3) is 2.44. The van der Waals surface area contributed by atoms with Crippen LogP contribution in [0.15, 0.2) is 24.4 Å². The molecule has 0 saturated heterocycles. The summed E-state index contributed by atoms with van der Waals surface area (Å²) in [6.45, 7) is 1.31. The maximum Gasteiger partial charge on any atom is 0.250 e. The molecule has 0 spiro atoms. The SMILES string of the molecule is CC(C#N)S(=O)(=O)Nc1ccccn1. The van der Waals surface area contributed by atoms with Crippen molar-refractivity contribution in [2.24, 2.45) is 0 Å². The monoisotopic (exact) mass is 211 g/mol. The van der Waals surface area contributed by atoms with E-state index < -0.39 is 15.3 Å². The van der Waals surface area contributed by atoms with E-state index in [1.54, 1.807) is 18.2 Å². The summed E-state index contributed by atoms with van der Waals surface area (Å²) in [7, 11) is -3.64. The normalized spacial score (nSPS) is 12.9. The highest BCUT2D eigenvalue weighted by molar-refractivity contribution is 7.93. The molecule has 1 heterocycles. The summed E-state index contributed by atoms with van der Waals surface area (Å²) in [6.07, 6.45) is 1.47. The molecule has 0 aliphatic heterocycles. The Morgan fingerprint density at radius 3 is 2.79 bits per heavy atom. The predicted octanol–water partition coefficient (Wildman–Crippen LogP) is 0.735. The zero-order chi connectivity index (χ0) is 10.6. The van der Waals surface area contributed by atoms with Crippen molar-refractivity contribution in [3.05, 3.63) is 24.4 Å². The molecule has 0 radical (unpaired) electrons. The lowest BCUT2D eigenvalue weighted by Crippen LogP contribution is -2.24. The van der Waals surface area contributed by atoms with Crippen LogP contribution < -0.4 is 4.72 Å². The molecule has 1 aromatic heterocycles. The van der Waals surface area contributed by atoms with Gasteiger partial charge in [0.25, 0.3) is 0 Å². The Labute approximate surface area is 82.4 Å². The average Bonchev–Trinajstić information content (AvgIpc) is 2.17. The van der Waals surface area contributed by atoms with Gasteiger partial charge in [-0.2, -0.15) is 5.26 Å².